The smallest absolute Gasteiger partial charge is 0.257 e. The van der Waals surface area contributed by atoms with E-state index in [1.165, 1.54) is 24.2 Å². The number of nitrogens with zero attached hydrogens (tertiary/aromatic N) is 2. The van der Waals surface area contributed by atoms with Crippen molar-refractivity contribution >= 4 is 23.4 Å². The molecule has 2 heterocycles. The molecule has 6 nitrogen and oxygen atoms in total. The van der Waals surface area contributed by atoms with E-state index in [9.17, 15) is 14.4 Å². The number of hydrogen-bond acceptors (Lipinski definition) is 4. The maximum atomic E-state index is 14.3. The number of benzene rings is 1. The molecular weight excluding hydrogens is 404 g/mol. The molecular formula is C26H32N2O4. The summed E-state index contributed by atoms with van der Waals surface area (Å²) in [4.78, 5) is 43.8. The molecule has 4 saturated carbocycles. The number of para-hydroxylation sites is 1. The standard InChI is InChI=1S/C26H32N2O4/c29-23-12-22(24(30)28(23)20-5-2-1-3-6-20)27(16-21-7-4-8-32-21)25(31)26-13-17-9-18(14-26)11-19(10-17)15-26/h1-3,5-6,17-19,21-22H,4,7-16H2. The molecule has 0 aromatic heterocycles. The van der Waals surface area contributed by atoms with Crippen LogP contribution in [0.5, 0.6) is 0 Å². The van der Waals surface area contributed by atoms with Crippen LogP contribution >= 0.6 is 0 Å². The lowest BCUT2D eigenvalue weighted by molar-refractivity contribution is -0.163. The molecule has 4 aliphatic carbocycles. The zero-order valence-electron chi connectivity index (χ0n) is 18.6. The number of anilines is 1. The lowest BCUT2D eigenvalue weighted by Gasteiger charge is -2.57. The highest BCUT2D eigenvalue weighted by Crippen LogP contribution is 2.60. The maximum absolute atomic E-state index is 14.3. The molecule has 7 rings (SSSR count). The topological polar surface area (TPSA) is 66.9 Å². The molecule has 2 unspecified atom stereocenters. The number of imide groups is 1. The Bertz CT molecular complexity index is 888. The Morgan fingerprint density at radius 3 is 2.28 bits per heavy atom. The van der Waals surface area contributed by atoms with Gasteiger partial charge in [-0.15, -0.1) is 0 Å². The zero-order valence-corrected chi connectivity index (χ0v) is 18.6. The minimum atomic E-state index is -0.715. The van der Waals surface area contributed by atoms with Crippen molar-refractivity contribution < 1.29 is 19.1 Å². The van der Waals surface area contributed by atoms with Crippen molar-refractivity contribution in [2.45, 2.75) is 69.9 Å². The number of rotatable bonds is 5. The van der Waals surface area contributed by atoms with Crippen molar-refractivity contribution in [1.82, 2.24) is 4.90 Å². The van der Waals surface area contributed by atoms with Crippen molar-refractivity contribution in [2.75, 3.05) is 18.1 Å². The molecule has 1 aromatic rings. The van der Waals surface area contributed by atoms with E-state index in [0.717, 1.165) is 32.1 Å². The van der Waals surface area contributed by atoms with Crippen LogP contribution in [0, 0.1) is 23.2 Å². The molecule has 32 heavy (non-hydrogen) atoms. The summed E-state index contributed by atoms with van der Waals surface area (Å²) in [7, 11) is 0. The predicted octanol–water partition coefficient (Wildman–Crippen LogP) is 3.54. The Labute approximate surface area is 189 Å². The minimum absolute atomic E-state index is 0.0402. The highest BCUT2D eigenvalue weighted by atomic mass is 16.5. The predicted molar refractivity (Wildman–Crippen MR) is 119 cm³/mol. The minimum Gasteiger partial charge on any atom is -0.376 e. The average Bonchev–Trinajstić information content (AvgIpc) is 3.38. The molecule has 0 spiro atoms. The van der Waals surface area contributed by atoms with Gasteiger partial charge >= 0.3 is 0 Å². The van der Waals surface area contributed by atoms with Gasteiger partial charge in [-0.05, 0) is 81.3 Å². The van der Waals surface area contributed by atoms with Crippen LogP contribution < -0.4 is 4.90 Å². The maximum Gasteiger partial charge on any atom is 0.257 e. The van der Waals surface area contributed by atoms with Gasteiger partial charge in [-0.1, -0.05) is 18.2 Å². The van der Waals surface area contributed by atoms with Gasteiger partial charge in [0.05, 0.1) is 23.6 Å². The van der Waals surface area contributed by atoms with Gasteiger partial charge < -0.3 is 9.64 Å². The fourth-order valence-electron chi connectivity index (χ4n) is 7.74. The van der Waals surface area contributed by atoms with Crippen molar-refractivity contribution in [3.05, 3.63) is 30.3 Å². The van der Waals surface area contributed by atoms with Crippen molar-refractivity contribution in [2.24, 2.45) is 23.2 Å². The summed E-state index contributed by atoms with van der Waals surface area (Å²) in [5.41, 5.74) is 0.251. The van der Waals surface area contributed by atoms with Crippen LogP contribution in [-0.4, -0.2) is 47.9 Å². The normalized spacial score (nSPS) is 38.0. The Morgan fingerprint density at radius 2 is 1.69 bits per heavy atom. The van der Waals surface area contributed by atoms with Crippen LogP contribution in [0.15, 0.2) is 30.3 Å². The second-order valence-corrected chi connectivity index (χ2v) is 10.9. The van der Waals surface area contributed by atoms with E-state index in [-0.39, 0.29) is 35.7 Å². The molecule has 0 radical (unpaired) electrons. The van der Waals surface area contributed by atoms with Crippen LogP contribution in [0.4, 0.5) is 5.69 Å². The van der Waals surface area contributed by atoms with Crippen molar-refractivity contribution in [1.29, 1.82) is 0 Å². The van der Waals surface area contributed by atoms with E-state index in [1.807, 2.05) is 18.2 Å². The van der Waals surface area contributed by atoms with E-state index in [0.29, 0.717) is 36.6 Å². The van der Waals surface area contributed by atoms with Crippen LogP contribution in [0.25, 0.3) is 0 Å². The molecule has 2 atom stereocenters. The average molecular weight is 437 g/mol. The summed E-state index contributed by atoms with van der Waals surface area (Å²) in [6.45, 7) is 1.13. The van der Waals surface area contributed by atoms with Crippen LogP contribution in [-0.2, 0) is 19.1 Å². The number of carbonyl (C=O) groups excluding carboxylic acids is 3. The molecule has 6 fully saturated rings. The first-order valence-corrected chi connectivity index (χ1v) is 12.4. The number of ether oxygens (including phenoxy) is 1. The first-order chi connectivity index (χ1) is 15.5. The Morgan fingerprint density at radius 1 is 1.03 bits per heavy atom. The molecule has 6 heteroatoms. The third-order valence-corrected chi connectivity index (χ3v) is 8.69. The van der Waals surface area contributed by atoms with Crippen LogP contribution in [0.3, 0.4) is 0 Å². The summed E-state index contributed by atoms with van der Waals surface area (Å²) in [5, 5.41) is 0. The summed E-state index contributed by atoms with van der Waals surface area (Å²) in [6.07, 6.45) is 8.58. The third kappa shape index (κ3) is 3.30. The Balaban J connectivity index is 1.31. The van der Waals surface area contributed by atoms with Gasteiger partial charge in [-0.3, -0.25) is 14.4 Å². The van der Waals surface area contributed by atoms with Crippen LogP contribution in [0.1, 0.15) is 57.8 Å². The molecule has 4 bridgehead atoms. The van der Waals surface area contributed by atoms with E-state index in [1.54, 1.807) is 17.0 Å². The largest absolute Gasteiger partial charge is 0.376 e. The molecule has 170 valence electrons. The fourth-order valence-corrected chi connectivity index (χ4v) is 7.74. The van der Waals surface area contributed by atoms with Gasteiger partial charge in [0, 0.05) is 13.2 Å². The van der Waals surface area contributed by atoms with E-state index >= 15 is 0 Å². The summed E-state index contributed by atoms with van der Waals surface area (Å²) in [5.74, 6) is 1.58. The van der Waals surface area contributed by atoms with Crippen molar-refractivity contribution in [3.8, 4) is 0 Å². The zero-order chi connectivity index (χ0) is 21.9. The summed E-state index contributed by atoms with van der Waals surface area (Å²) in [6, 6.07) is 8.37. The first-order valence-electron chi connectivity index (χ1n) is 12.4. The molecule has 3 amide bonds. The fraction of sp³-hybridized carbons (Fsp3) is 0.654. The molecule has 1 aromatic carbocycles. The second kappa shape index (κ2) is 7.68. The lowest BCUT2D eigenvalue weighted by Crippen LogP contribution is -2.58. The van der Waals surface area contributed by atoms with Crippen LogP contribution in [0.2, 0.25) is 0 Å². The summed E-state index contributed by atoms with van der Waals surface area (Å²) >= 11 is 0. The van der Waals surface area contributed by atoms with E-state index < -0.39 is 6.04 Å². The number of amides is 3. The Kier molecular flexibility index (Phi) is 4.90. The number of hydrogen-bond donors (Lipinski definition) is 0. The molecule has 0 N–H and O–H groups in total. The third-order valence-electron chi connectivity index (χ3n) is 8.69. The highest BCUT2D eigenvalue weighted by molar-refractivity contribution is 6.23. The van der Waals surface area contributed by atoms with Gasteiger partial charge in [0.25, 0.3) is 5.91 Å². The van der Waals surface area contributed by atoms with E-state index in [4.69, 9.17) is 4.74 Å². The Hall–Kier alpha value is -2.21. The molecule has 2 saturated heterocycles. The van der Waals surface area contributed by atoms with Gasteiger partial charge in [0.2, 0.25) is 11.8 Å². The number of carbonyl (C=O) groups is 3. The van der Waals surface area contributed by atoms with Gasteiger partial charge in [0.1, 0.15) is 6.04 Å². The quantitative estimate of drug-likeness (QED) is 0.662. The van der Waals surface area contributed by atoms with E-state index in [2.05, 4.69) is 0 Å². The molecule has 2 aliphatic heterocycles. The summed E-state index contributed by atoms with van der Waals surface area (Å²) < 4.78 is 5.88. The highest BCUT2D eigenvalue weighted by Gasteiger charge is 2.57. The lowest BCUT2D eigenvalue weighted by atomic mass is 9.49. The van der Waals surface area contributed by atoms with Gasteiger partial charge in [-0.25, -0.2) is 4.90 Å². The second-order valence-electron chi connectivity index (χ2n) is 10.9. The van der Waals surface area contributed by atoms with Gasteiger partial charge in [-0.2, -0.15) is 0 Å². The SMILES string of the molecule is O=C1CC(N(CC2CCCO2)C(=O)C23CC4CC(CC(C4)C2)C3)C(=O)N1c1ccccc1. The monoisotopic (exact) mass is 436 g/mol. The van der Waals surface area contributed by atoms with Gasteiger partial charge in [0.15, 0.2) is 0 Å². The van der Waals surface area contributed by atoms with Crippen molar-refractivity contribution in [3.63, 3.8) is 0 Å². The molecule has 6 aliphatic rings. The first kappa shape index (κ1) is 20.4.